The van der Waals surface area contributed by atoms with Crippen LogP contribution >= 0.6 is 0 Å². The van der Waals surface area contributed by atoms with Gasteiger partial charge in [0.2, 0.25) is 0 Å². The third-order valence-electron chi connectivity index (χ3n) is 3.28. The van der Waals surface area contributed by atoms with Crippen LogP contribution in [0.25, 0.3) is 0 Å². The van der Waals surface area contributed by atoms with Crippen LogP contribution in [0.1, 0.15) is 25.7 Å². The lowest BCUT2D eigenvalue weighted by molar-refractivity contribution is 0.464. The van der Waals surface area contributed by atoms with Gasteiger partial charge in [0, 0.05) is 12.3 Å². The van der Waals surface area contributed by atoms with Crippen molar-refractivity contribution in [1.82, 2.24) is 0 Å². The van der Waals surface area contributed by atoms with Gasteiger partial charge < -0.3 is 5.73 Å². The molecule has 1 aliphatic carbocycles. The highest BCUT2D eigenvalue weighted by Gasteiger charge is 2.25. The van der Waals surface area contributed by atoms with Crippen LogP contribution < -0.4 is 5.73 Å². The van der Waals surface area contributed by atoms with E-state index >= 15 is 0 Å². The summed E-state index contributed by atoms with van der Waals surface area (Å²) in [5.41, 5.74) is 5.86. The Morgan fingerprint density at radius 3 is 2.18 bits per heavy atom. The van der Waals surface area contributed by atoms with E-state index in [-0.39, 0.29) is 29.2 Å². The Morgan fingerprint density at radius 2 is 1.71 bits per heavy atom. The molecule has 17 heavy (non-hydrogen) atoms. The van der Waals surface area contributed by atoms with Crippen LogP contribution in [0.3, 0.4) is 0 Å². The van der Waals surface area contributed by atoms with Gasteiger partial charge in [-0.1, -0.05) is 6.42 Å². The first kappa shape index (κ1) is 14.9. The molecular formula is C10H21NO4S2. The van der Waals surface area contributed by atoms with E-state index in [9.17, 15) is 16.8 Å². The normalized spacial score (nSPS) is 26.2. The highest BCUT2D eigenvalue weighted by atomic mass is 32.2. The van der Waals surface area contributed by atoms with Crippen LogP contribution in [0.2, 0.25) is 0 Å². The van der Waals surface area contributed by atoms with Crippen LogP contribution in [0.5, 0.6) is 0 Å². The molecule has 1 aliphatic rings. The minimum absolute atomic E-state index is 0.0564. The van der Waals surface area contributed by atoms with E-state index in [0.29, 0.717) is 6.42 Å². The molecule has 1 fully saturated rings. The molecule has 0 aromatic carbocycles. The molecular weight excluding hydrogens is 262 g/mol. The lowest BCUT2D eigenvalue weighted by Gasteiger charge is -2.14. The molecule has 102 valence electrons. The zero-order valence-corrected chi connectivity index (χ0v) is 11.8. The summed E-state index contributed by atoms with van der Waals surface area (Å²) in [6.45, 7) is 0. The molecule has 0 aliphatic heterocycles. The third kappa shape index (κ3) is 5.83. The average Bonchev–Trinajstić information content (AvgIpc) is 2.58. The summed E-state index contributed by atoms with van der Waals surface area (Å²) in [6.07, 6.45) is 4.63. The first-order chi connectivity index (χ1) is 7.70. The van der Waals surface area contributed by atoms with Crippen molar-refractivity contribution >= 4 is 19.7 Å². The monoisotopic (exact) mass is 283 g/mol. The summed E-state index contributed by atoms with van der Waals surface area (Å²) in [4.78, 5) is 0. The molecule has 1 rings (SSSR count). The Bertz CT molecular complexity index is 441. The van der Waals surface area contributed by atoms with Crippen molar-refractivity contribution in [2.75, 3.05) is 23.5 Å². The molecule has 0 aromatic heterocycles. The maximum atomic E-state index is 11.6. The van der Waals surface area contributed by atoms with Gasteiger partial charge in [0.25, 0.3) is 0 Å². The number of sulfone groups is 2. The van der Waals surface area contributed by atoms with Gasteiger partial charge in [-0.15, -0.1) is 0 Å². The van der Waals surface area contributed by atoms with E-state index in [4.69, 9.17) is 5.73 Å². The fraction of sp³-hybridized carbons (Fsp3) is 1.00. The SMILES string of the molecule is CS(=O)(=O)CCS(=O)(=O)CCC1CCCC1N. The third-order valence-corrected chi connectivity index (χ3v) is 6.17. The highest BCUT2D eigenvalue weighted by molar-refractivity contribution is 7.94. The molecule has 1 saturated carbocycles. The van der Waals surface area contributed by atoms with E-state index in [1.54, 1.807) is 0 Å². The van der Waals surface area contributed by atoms with Crippen LogP contribution in [0.4, 0.5) is 0 Å². The quantitative estimate of drug-likeness (QED) is 0.738. The topological polar surface area (TPSA) is 94.3 Å². The van der Waals surface area contributed by atoms with Crippen molar-refractivity contribution < 1.29 is 16.8 Å². The summed E-state index contributed by atoms with van der Waals surface area (Å²) in [7, 11) is -6.47. The molecule has 0 aromatic rings. The predicted molar refractivity (Wildman–Crippen MR) is 68.3 cm³/mol. The molecule has 2 atom stereocenters. The maximum Gasteiger partial charge on any atom is 0.151 e. The summed E-state index contributed by atoms with van der Waals surface area (Å²) in [5.74, 6) is -0.219. The molecule has 0 amide bonds. The molecule has 0 spiro atoms. The standard InChI is InChI=1S/C10H21NO4S2/c1-16(12,13)7-8-17(14,15)6-5-9-3-2-4-10(9)11/h9-10H,2-8,11H2,1H3. The van der Waals surface area contributed by atoms with Gasteiger partial charge in [0.15, 0.2) is 9.84 Å². The second kappa shape index (κ2) is 5.67. The van der Waals surface area contributed by atoms with Gasteiger partial charge in [0.05, 0.1) is 17.3 Å². The average molecular weight is 283 g/mol. The molecule has 0 heterocycles. The lowest BCUT2D eigenvalue weighted by atomic mass is 10.0. The minimum Gasteiger partial charge on any atom is -0.327 e. The zero-order chi connectivity index (χ0) is 13.1. The first-order valence-corrected chi connectivity index (χ1v) is 9.71. The van der Waals surface area contributed by atoms with E-state index in [1.165, 1.54) is 0 Å². The number of rotatable bonds is 6. The predicted octanol–water partition coefficient (Wildman–Crippen LogP) is -0.0367. The van der Waals surface area contributed by atoms with Crippen molar-refractivity contribution in [2.45, 2.75) is 31.7 Å². The Morgan fingerprint density at radius 1 is 1.06 bits per heavy atom. The summed E-state index contributed by atoms with van der Waals surface area (Å²) < 4.78 is 45.1. The Kier molecular flexibility index (Phi) is 4.97. The maximum absolute atomic E-state index is 11.6. The van der Waals surface area contributed by atoms with Gasteiger partial charge >= 0.3 is 0 Å². The van der Waals surface area contributed by atoms with Crippen molar-refractivity contribution in [2.24, 2.45) is 11.7 Å². The van der Waals surface area contributed by atoms with Crippen molar-refractivity contribution in [3.63, 3.8) is 0 Å². The highest BCUT2D eigenvalue weighted by Crippen LogP contribution is 2.27. The Balaban J connectivity index is 2.39. The van der Waals surface area contributed by atoms with Crippen LogP contribution in [-0.2, 0) is 19.7 Å². The van der Waals surface area contributed by atoms with Crippen LogP contribution in [0, 0.1) is 5.92 Å². The fourth-order valence-electron chi connectivity index (χ4n) is 2.14. The Labute approximate surface area is 104 Å². The summed E-state index contributed by atoms with van der Waals surface area (Å²) in [6, 6.07) is 0.111. The molecule has 0 bridgehead atoms. The molecule has 0 radical (unpaired) electrons. The first-order valence-electron chi connectivity index (χ1n) is 5.83. The van der Waals surface area contributed by atoms with Crippen LogP contribution in [-0.4, -0.2) is 46.4 Å². The molecule has 0 saturated heterocycles. The van der Waals surface area contributed by atoms with E-state index in [0.717, 1.165) is 25.5 Å². The van der Waals surface area contributed by atoms with Gasteiger partial charge in [-0.3, -0.25) is 0 Å². The summed E-state index contributed by atoms with van der Waals surface area (Å²) in [5, 5.41) is 0. The number of nitrogens with two attached hydrogens (primary N) is 1. The Hall–Kier alpha value is -0.140. The van der Waals surface area contributed by atoms with E-state index < -0.39 is 19.7 Å². The van der Waals surface area contributed by atoms with Gasteiger partial charge in [-0.05, 0) is 25.2 Å². The molecule has 2 unspecified atom stereocenters. The molecule has 7 heteroatoms. The fourth-order valence-corrected chi connectivity index (χ4v) is 5.23. The molecule has 5 nitrogen and oxygen atoms in total. The van der Waals surface area contributed by atoms with Crippen LogP contribution in [0.15, 0.2) is 0 Å². The molecule has 2 N–H and O–H groups in total. The van der Waals surface area contributed by atoms with Gasteiger partial charge in [0.1, 0.15) is 9.84 Å². The zero-order valence-electron chi connectivity index (χ0n) is 10.1. The lowest BCUT2D eigenvalue weighted by Crippen LogP contribution is -2.27. The van der Waals surface area contributed by atoms with Crippen molar-refractivity contribution in [1.29, 1.82) is 0 Å². The minimum atomic E-state index is -3.26. The van der Waals surface area contributed by atoms with Gasteiger partial charge in [-0.2, -0.15) is 0 Å². The number of hydrogen-bond donors (Lipinski definition) is 1. The van der Waals surface area contributed by atoms with E-state index in [2.05, 4.69) is 0 Å². The van der Waals surface area contributed by atoms with E-state index in [1.807, 2.05) is 0 Å². The second-order valence-electron chi connectivity index (χ2n) is 4.93. The summed E-state index contributed by atoms with van der Waals surface area (Å²) >= 11 is 0. The van der Waals surface area contributed by atoms with Crippen molar-refractivity contribution in [3.8, 4) is 0 Å². The second-order valence-corrected chi connectivity index (χ2v) is 9.49. The smallest absolute Gasteiger partial charge is 0.151 e. The van der Waals surface area contributed by atoms with Gasteiger partial charge in [-0.25, -0.2) is 16.8 Å². The van der Waals surface area contributed by atoms with Crippen molar-refractivity contribution in [3.05, 3.63) is 0 Å². The number of hydrogen-bond acceptors (Lipinski definition) is 5. The largest absolute Gasteiger partial charge is 0.327 e.